The molecule has 1 aromatic carbocycles. The standard InChI is InChI=1S/C18H15ClF6N4O/c19-12-6-10(17(20,21)22)4-5-13(12)28-16-27-8-11(14(29-16)18(23,24)25)15(30)26-7-9-2-1-3-9/h4-6,8-9H,1-3,7H2,(H,26,30)(H,27,28,29). The monoisotopic (exact) mass is 452 g/mol. The third-order valence-corrected chi connectivity index (χ3v) is 4.93. The number of nitrogens with zero attached hydrogens (tertiary/aromatic N) is 2. The van der Waals surface area contributed by atoms with Crippen LogP contribution in [-0.2, 0) is 12.4 Å². The molecule has 2 N–H and O–H groups in total. The van der Waals surface area contributed by atoms with Crippen LogP contribution in [0.15, 0.2) is 24.4 Å². The third kappa shape index (κ3) is 5.13. The fourth-order valence-electron chi connectivity index (χ4n) is 2.77. The average molecular weight is 453 g/mol. The van der Waals surface area contributed by atoms with Gasteiger partial charge in [0.25, 0.3) is 5.91 Å². The molecule has 2 aromatic rings. The highest BCUT2D eigenvalue weighted by Crippen LogP contribution is 2.35. The molecule has 1 amide bonds. The van der Waals surface area contributed by atoms with Crippen molar-refractivity contribution in [1.29, 1.82) is 0 Å². The fraction of sp³-hybridized carbons (Fsp3) is 0.389. The Balaban J connectivity index is 1.83. The molecule has 30 heavy (non-hydrogen) atoms. The van der Waals surface area contributed by atoms with Gasteiger partial charge in [0, 0.05) is 12.7 Å². The van der Waals surface area contributed by atoms with Gasteiger partial charge in [-0.25, -0.2) is 9.97 Å². The zero-order valence-corrected chi connectivity index (χ0v) is 15.9. The number of carbonyl (C=O) groups is 1. The summed E-state index contributed by atoms with van der Waals surface area (Å²) in [5, 5.41) is 4.40. The largest absolute Gasteiger partial charge is 0.434 e. The lowest BCUT2D eigenvalue weighted by Crippen LogP contribution is -2.33. The lowest BCUT2D eigenvalue weighted by molar-refractivity contribution is -0.141. The molecule has 0 atom stereocenters. The second kappa shape index (κ2) is 8.29. The van der Waals surface area contributed by atoms with Crippen LogP contribution in [0.1, 0.15) is 40.9 Å². The average Bonchev–Trinajstić information content (AvgIpc) is 2.60. The Bertz CT molecular complexity index is 943. The van der Waals surface area contributed by atoms with Crippen LogP contribution in [0.5, 0.6) is 0 Å². The SMILES string of the molecule is O=C(NCC1CCC1)c1cnc(Nc2ccc(C(F)(F)F)cc2Cl)nc1C(F)(F)F. The third-order valence-electron chi connectivity index (χ3n) is 4.62. The Morgan fingerprint density at radius 3 is 2.37 bits per heavy atom. The van der Waals surface area contributed by atoms with Crippen molar-refractivity contribution >= 4 is 29.1 Å². The van der Waals surface area contributed by atoms with E-state index in [0.717, 1.165) is 25.3 Å². The van der Waals surface area contributed by atoms with Crippen LogP contribution >= 0.6 is 11.6 Å². The van der Waals surface area contributed by atoms with E-state index in [1.807, 2.05) is 0 Å². The van der Waals surface area contributed by atoms with E-state index in [2.05, 4.69) is 20.6 Å². The molecule has 1 saturated carbocycles. The zero-order valence-electron chi connectivity index (χ0n) is 15.2. The van der Waals surface area contributed by atoms with Crippen LogP contribution in [0, 0.1) is 5.92 Å². The molecular formula is C18H15ClF6N4O. The van der Waals surface area contributed by atoms with E-state index in [9.17, 15) is 31.1 Å². The summed E-state index contributed by atoms with van der Waals surface area (Å²) in [5.74, 6) is -1.28. The quantitative estimate of drug-likeness (QED) is 0.593. The first kappa shape index (κ1) is 22.1. The molecular weight excluding hydrogens is 438 g/mol. The fourth-order valence-corrected chi connectivity index (χ4v) is 2.99. The molecule has 12 heteroatoms. The number of amides is 1. The van der Waals surface area contributed by atoms with Crippen LogP contribution < -0.4 is 10.6 Å². The first-order valence-electron chi connectivity index (χ1n) is 8.81. The van der Waals surface area contributed by atoms with Crippen molar-refractivity contribution < 1.29 is 31.1 Å². The molecule has 0 saturated heterocycles. The van der Waals surface area contributed by atoms with E-state index in [4.69, 9.17) is 11.6 Å². The van der Waals surface area contributed by atoms with Crippen LogP contribution in [0.4, 0.5) is 38.0 Å². The molecule has 0 spiro atoms. The van der Waals surface area contributed by atoms with Gasteiger partial charge in [0.15, 0.2) is 5.69 Å². The molecule has 1 fully saturated rings. The second-order valence-electron chi connectivity index (χ2n) is 6.78. The minimum Gasteiger partial charge on any atom is -0.352 e. The van der Waals surface area contributed by atoms with Crippen molar-refractivity contribution in [2.75, 3.05) is 11.9 Å². The summed E-state index contributed by atoms with van der Waals surface area (Å²) in [7, 11) is 0. The van der Waals surface area contributed by atoms with E-state index in [1.165, 1.54) is 0 Å². The number of nitrogens with one attached hydrogen (secondary N) is 2. The van der Waals surface area contributed by atoms with Gasteiger partial charge in [-0.05, 0) is 37.0 Å². The minimum atomic E-state index is -4.95. The highest BCUT2D eigenvalue weighted by atomic mass is 35.5. The van der Waals surface area contributed by atoms with Crippen molar-refractivity contribution in [1.82, 2.24) is 15.3 Å². The van der Waals surface area contributed by atoms with Crippen LogP contribution in [0.25, 0.3) is 0 Å². The number of hydrogen-bond donors (Lipinski definition) is 2. The van der Waals surface area contributed by atoms with Crippen LogP contribution in [0.3, 0.4) is 0 Å². The number of alkyl halides is 6. The normalized spacial score (nSPS) is 14.9. The Labute approximate surface area is 171 Å². The van der Waals surface area contributed by atoms with Gasteiger partial charge >= 0.3 is 12.4 Å². The highest BCUT2D eigenvalue weighted by molar-refractivity contribution is 6.33. The van der Waals surface area contributed by atoms with Crippen molar-refractivity contribution in [3.05, 3.63) is 46.2 Å². The Morgan fingerprint density at radius 2 is 1.83 bits per heavy atom. The molecule has 1 aliphatic rings. The van der Waals surface area contributed by atoms with E-state index in [0.29, 0.717) is 18.3 Å². The first-order valence-corrected chi connectivity index (χ1v) is 9.19. The molecule has 0 radical (unpaired) electrons. The predicted molar refractivity (Wildman–Crippen MR) is 96.4 cm³/mol. The maximum absolute atomic E-state index is 13.4. The zero-order chi connectivity index (χ0) is 22.1. The van der Waals surface area contributed by atoms with E-state index in [-0.39, 0.29) is 23.2 Å². The summed E-state index contributed by atoms with van der Waals surface area (Å²) in [5.41, 5.74) is -3.35. The number of hydrogen-bond acceptors (Lipinski definition) is 4. The Hall–Kier alpha value is -2.56. The van der Waals surface area contributed by atoms with Crippen molar-refractivity contribution in [3.63, 3.8) is 0 Å². The summed E-state index contributed by atoms with van der Waals surface area (Å²) < 4.78 is 78.4. The molecule has 0 bridgehead atoms. The van der Waals surface area contributed by atoms with Gasteiger partial charge in [-0.15, -0.1) is 0 Å². The van der Waals surface area contributed by atoms with Gasteiger partial charge in [-0.1, -0.05) is 18.0 Å². The maximum Gasteiger partial charge on any atom is 0.434 e. The van der Waals surface area contributed by atoms with Gasteiger partial charge in [0.05, 0.1) is 21.8 Å². The summed E-state index contributed by atoms with van der Waals surface area (Å²) in [4.78, 5) is 19.2. The molecule has 0 unspecified atom stereocenters. The number of rotatable bonds is 5. The second-order valence-corrected chi connectivity index (χ2v) is 7.19. The lowest BCUT2D eigenvalue weighted by atomic mass is 9.85. The number of halogens is 7. The molecule has 0 aliphatic heterocycles. The Morgan fingerprint density at radius 1 is 1.13 bits per heavy atom. The first-order chi connectivity index (χ1) is 13.9. The van der Waals surface area contributed by atoms with Gasteiger partial charge in [-0.3, -0.25) is 4.79 Å². The number of anilines is 2. The highest BCUT2D eigenvalue weighted by Gasteiger charge is 2.38. The topological polar surface area (TPSA) is 66.9 Å². The molecule has 162 valence electrons. The summed E-state index contributed by atoms with van der Waals surface area (Å²) in [6.45, 7) is 0.261. The van der Waals surface area contributed by atoms with E-state index >= 15 is 0 Å². The smallest absolute Gasteiger partial charge is 0.352 e. The number of aromatic nitrogens is 2. The number of benzene rings is 1. The summed E-state index contributed by atoms with van der Waals surface area (Å²) >= 11 is 5.78. The van der Waals surface area contributed by atoms with Crippen molar-refractivity contribution in [2.45, 2.75) is 31.6 Å². The molecule has 5 nitrogen and oxygen atoms in total. The van der Waals surface area contributed by atoms with Crippen LogP contribution in [-0.4, -0.2) is 22.4 Å². The molecule has 1 aromatic heterocycles. The van der Waals surface area contributed by atoms with Gasteiger partial charge in [0.1, 0.15) is 0 Å². The lowest BCUT2D eigenvalue weighted by Gasteiger charge is -2.25. The van der Waals surface area contributed by atoms with Crippen molar-refractivity contribution in [3.8, 4) is 0 Å². The van der Waals surface area contributed by atoms with Crippen molar-refractivity contribution in [2.24, 2.45) is 5.92 Å². The summed E-state index contributed by atoms with van der Waals surface area (Å²) in [6, 6.07) is 2.28. The number of carbonyl (C=O) groups excluding carboxylic acids is 1. The van der Waals surface area contributed by atoms with Gasteiger partial charge in [-0.2, -0.15) is 26.3 Å². The maximum atomic E-state index is 13.4. The molecule has 1 heterocycles. The van der Waals surface area contributed by atoms with E-state index < -0.39 is 41.0 Å². The predicted octanol–water partition coefficient (Wildman–Crippen LogP) is 5.44. The van der Waals surface area contributed by atoms with Crippen LogP contribution in [0.2, 0.25) is 5.02 Å². The van der Waals surface area contributed by atoms with Gasteiger partial charge in [0.2, 0.25) is 5.95 Å². The summed E-state index contributed by atoms with van der Waals surface area (Å²) in [6.07, 6.45) is -6.04. The van der Waals surface area contributed by atoms with Gasteiger partial charge < -0.3 is 10.6 Å². The minimum absolute atomic E-state index is 0.125. The Kier molecular flexibility index (Phi) is 6.11. The van der Waals surface area contributed by atoms with E-state index in [1.54, 1.807) is 0 Å². The molecule has 1 aliphatic carbocycles. The molecule has 3 rings (SSSR count).